The minimum Gasteiger partial charge on any atom is -0.497 e. The van der Waals surface area contributed by atoms with E-state index in [0.717, 1.165) is 17.1 Å². The summed E-state index contributed by atoms with van der Waals surface area (Å²) in [6, 6.07) is 12.7. The SMILES string of the molecule is CCn1c(SCC(=O)Nc2ccc(OC)c(Cl)c2)nnc1-c1cccc(OC)c1. The van der Waals surface area contributed by atoms with E-state index in [9.17, 15) is 4.79 Å². The van der Waals surface area contributed by atoms with E-state index in [4.69, 9.17) is 21.1 Å². The third kappa shape index (κ3) is 5.02. The number of thioether (sulfide) groups is 1. The Balaban J connectivity index is 1.68. The van der Waals surface area contributed by atoms with Crippen LogP contribution in [0.4, 0.5) is 5.69 Å². The van der Waals surface area contributed by atoms with Crippen molar-refractivity contribution in [3.8, 4) is 22.9 Å². The van der Waals surface area contributed by atoms with Gasteiger partial charge in [-0.15, -0.1) is 10.2 Å². The lowest BCUT2D eigenvalue weighted by Gasteiger charge is -2.09. The van der Waals surface area contributed by atoms with Crippen molar-refractivity contribution in [1.29, 1.82) is 0 Å². The number of amides is 1. The van der Waals surface area contributed by atoms with E-state index in [1.807, 2.05) is 35.8 Å². The van der Waals surface area contributed by atoms with Gasteiger partial charge in [0, 0.05) is 17.8 Å². The highest BCUT2D eigenvalue weighted by molar-refractivity contribution is 7.99. The highest BCUT2D eigenvalue weighted by atomic mass is 35.5. The van der Waals surface area contributed by atoms with E-state index in [1.165, 1.54) is 11.8 Å². The molecule has 9 heteroatoms. The van der Waals surface area contributed by atoms with Crippen LogP contribution in [0.15, 0.2) is 47.6 Å². The van der Waals surface area contributed by atoms with Crippen molar-refractivity contribution in [2.45, 2.75) is 18.6 Å². The molecular weight excluding hydrogens is 412 g/mol. The highest BCUT2D eigenvalue weighted by Crippen LogP contribution is 2.28. The summed E-state index contributed by atoms with van der Waals surface area (Å²) in [7, 11) is 3.17. The van der Waals surface area contributed by atoms with Crippen LogP contribution in [0.1, 0.15) is 6.92 Å². The number of nitrogens with one attached hydrogen (secondary N) is 1. The molecule has 3 aromatic rings. The Kier molecular flexibility index (Phi) is 7.00. The first-order valence-electron chi connectivity index (χ1n) is 8.89. The lowest BCUT2D eigenvalue weighted by molar-refractivity contribution is -0.113. The molecule has 0 saturated carbocycles. The molecule has 0 aliphatic carbocycles. The Bertz CT molecular complexity index is 1010. The number of carbonyl (C=O) groups excluding carboxylic acids is 1. The van der Waals surface area contributed by atoms with Crippen LogP contribution in [0.25, 0.3) is 11.4 Å². The first-order chi connectivity index (χ1) is 14.0. The van der Waals surface area contributed by atoms with Gasteiger partial charge in [0.25, 0.3) is 0 Å². The second-order valence-electron chi connectivity index (χ2n) is 5.97. The summed E-state index contributed by atoms with van der Waals surface area (Å²) >= 11 is 7.42. The molecule has 0 spiro atoms. The van der Waals surface area contributed by atoms with Gasteiger partial charge >= 0.3 is 0 Å². The number of halogens is 1. The Hall–Kier alpha value is -2.71. The maximum atomic E-state index is 12.3. The monoisotopic (exact) mass is 432 g/mol. The minimum absolute atomic E-state index is 0.162. The van der Waals surface area contributed by atoms with Gasteiger partial charge in [0.05, 0.1) is 25.0 Å². The lowest BCUT2D eigenvalue weighted by Crippen LogP contribution is -2.14. The normalized spacial score (nSPS) is 10.6. The molecule has 0 fully saturated rings. The minimum atomic E-state index is -0.162. The summed E-state index contributed by atoms with van der Waals surface area (Å²) in [6.07, 6.45) is 0. The second-order valence-corrected chi connectivity index (χ2v) is 7.32. The van der Waals surface area contributed by atoms with E-state index in [2.05, 4.69) is 15.5 Å². The molecule has 3 rings (SSSR count). The highest BCUT2D eigenvalue weighted by Gasteiger charge is 2.15. The van der Waals surface area contributed by atoms with Crippen LogP contribution < -0.4 is 14.8 Å². The third-order valence-corrected chi connectivity index (χ3v) is 5.39. The van der Waals surface area contributed by atoms with Gasteiger partial charge in [-0.1, -0.05) is 35.5 Å². The average Bonchev–Trinajstić information content (AvgIpc) is 3.15. The van der Waals surface area contributed by atoms with Crippen LogP contribution >= 0.6 is 23.4 Å². The fourth-order valence-electron chi connectivity index (χ4n) is 2.73. The van der Waals surface area contributed by atoms with E-state index in [1.54, 1.807) is 32.4 Å². The van der Waals surface area contributed by atoms with Gasteiger partial charge < -0.3 is 19.4 Å². The second kappa shape index (κ2) is 9.67. The van der Waals surface area contributed by atoms with Crippen LogP contribution in [0.2, 0.25) is 5.02 Å². The number of methoxy groups -OCH3 is 2. The fourth-order valence-corrected chi connectivity index (χ4v) is 3.79. The molecule has 1 aromatic heterocycles. The molecule has 2 aromatic carbocycles. The fraction of sp³-hybridized carbons (Fsp3) is 0.250. The van der Waals surface area contributed by atoms with Crippen LogP contribution in [-0.4, -0.2) is 40.6 Å². The Morgan fingerprint density at radius 3 is 2.69 bits per heavy atom. The van der Waals surface area contributed by atoms with Gasteiger partial charge in [0.15, 0.2) is 11.0 Å². The molecule has 1 N–H and O–H groups in total. The van der Waals surface area contributed by atoms with Crippen molar-refractivity contribution < 1.29 is 14.3 Å². The summed E-state index contributed by atoms with van der Waals surface area (Å²) in [5.41, 5.74) is 1.51. The van der Waals surface area contributed by atoms with Crippen LogP contribution in [0.3, 0.4) is 0 Å². The predicted molar refractivity (Wildman–Crippen MR) is 115 cm³/mol. The van der Waals surface area contributed by atoms with Crippen LogP contribution in [0.5, 0.6) is 11.5 Å². The molecule has 0 atom stereocenters. The summed E-state index contributed by atoms with van der Waals surface area (Å²) < 4.78 is 12.4. The topological polar surface area (TPSA) is 78.3 Å². The van der Waals surface area contributed by atoms with E-state index >= 15 is 0 Å². The van der Waals surface area contributed by atoms with Gasteiger partial charge in [0.2, 0.25) is 5.91 Å². The number of ether oxygens (including phenoxy) is 2. The molecule has 1 amide bonds. The van der Waals surface area contributed by atoms with E-state index < -0.39 is 0 Å². The molecule has 1 heterocycles. The average molecular weight is 433 g/mol. The van der Waals surface area contributed by atoms with Crippen molar-refractivity contribution in [3.05, 3.63) is 47.5 Å². The van der Waals surface area contributed by atoms with Crippen molar-refractivity contribution in [2.24, 2.45) is 0 Å². The smallest absolute Gasteiger partial charge is 0.234 e. The predicted octanol–water partition coefficient (Wildman–Crippen LogP) is 4.37. The summed E-state index contributed by atoms with van der Waals surface area (Å²) in [4.78, 5) is 12.3. The zero-order chi connectivity index (χ0) is 20.8. The van der Waals surface area contributed by atoms with Crippen molar-refractivity contribution in [2.75, 3.05) is 25.3 Å². The molecule has 152 valence electrons. The Labute approximate surface area is 178 Å². The Morgan fingerprint density at radius 2 is 2.00 bits per heavy atom. The van der Waals surface area contributed by atoms with Gasteiger partial charge in [-0.25, -0.2) is 0 Å². The number of rotatable bonds is 8. The van der Waals surface area contributed by atoms with Gasteiger partial charge in [-0.2, -0.15) is 0 Å². The first-order valence-corrected chi connectivity index (χ1v) is 10.3. The molecule has 7 nitrogen and oxygen atoms in total. The maximum Gasteiger partial charge on any atom is 0.234 e. The zero-order valence-corrected chi connectivity index (χ0v) is 17.9. The largest absolute Gasteiger partial charge is 0.497 e. The van der Waals surface area contributed by atoms with Crippen LogP contribution in [-0.2, 0) is 11.3 Å². The standard InChI is InChI=1S/C20H21ClN4O3S/c1-4-25-19(13-6-5-7-15(10-13)27-2)23-24-20(25)29-12-18(26)22-14-8-9-17(28-3)16(21)11-14/h5-11H,4,12H2,1-3H3,(H,22,26). The molecule has 0 aliphatic rings. The molecule has 0 unspecified atom stereocenters. The summed E-state index contributed by atoms with van der Waals surface area (Å²) in [6.45, 7) is 2.69. The number of nitrogens with zero attached hydrogens (tertiary/aromatic N) is 3. The van der Waals surface area contributed by atoms with Gasteiger partial charge in [0.1, 0.15) is 11.5 Å². The maximum absolute atomic E-state index is 12.3. The number of anilines is 1. The van der Waals surface area contributed by atoms with E-state index in [0.29, 0.717) is 28.2 Å². The molecule has 0 radical (unpaired) electrons. The number of benzene rings is 2. The van der Waals surface area contributed by atoms with Gasteiger partial charge in [-0.05, 0) is 37.3 Å². The third-order valence-electron chi connectivity index (χ3n) is 4.13. The zero-order valence-electron chi connectivity index (χ0n) is 16.3. The molecule has 0 aliphatic heterocycles. The first kappa shape index (κ1) is 21.0. The quantitative estimate of drug-likeness (QED) is 0.532. The molecule has 29 heavy (non-hydrogen) atoms. The Morgan fingerprint density at radius 1 is 1.17 bits per heavy atom. The van der Waals surface area contributed by atoms with Gasteiger partial charge in [-0.3, -0.25) is 4.79 Å². The van der Waals surface area contributed by atoms with Crippen molar-refractivity contribution in [3.63, 3.8) is 0 Å². The number of hydrogen-bond acceptors (Lipinski definition) is 6. The number of carbonyl (C=O) groups is 1. The summed E-state index contributed by atoms with van der Waals surface area (Å²) in [5.74, 6) is 2.07. The molecule has 0 saturated heterocycles. The van der Waals surface area contributed by atoms with E-state index in [-0.39, 0.29) is 11.7 Å². The van der Waals surface area contributed by atoms with Crippen LogP contribution in [0, 0.1) is 0 Å². The lowest BCUT2D eigenvalue weighted by atomic mass is 10.2. The summed E-state index contributed by atoms with van der Waals surface area (Å²) in [5, 5.41) is 12.5. The van der Waals surface area contributed by atoms with Crippen molar-refractivity contribution >= 4 is 35.0 Å². The van der Waals surface area contributed by atoms with Crippen molar-refractivity contribution in [1.82, 2.24) is 14.8 Å². The molecular formula is C20H21ClN4O3S. The molecule has 0 bridgehead atoms. The number of aromatic nitrogens is 3. The number of hydrogen-bond donors (Lipinski definition) is 1.